The number of carbonyl (C=O) groups excluding carboxylic acids is 1. The molecule has 18 heavy (non-hydrogen) atoms. The minimum atomic E-state index is -0.566. The molecule has 0 bridgehead atoms. The molecule has 1 aromatic heterocycles. The summed E-state index contributed by atoms with van der Waals surface area (Å²) < 4.78 is 13.5. The first-order valence-electron chi connectivity index (χ1n) is 4.95. The van der Waals surface area contributed by atoms with Gasteiger partial charge in [-0.1, -0.05) is 0 Å². The Balaban J connectivity index is 2.26. The first-order chi connectivity index (χ1) is 8.47. The van der Waals surface area contributed by atoms with E-state index in [0.717, 1.165) is 10.9 Å². The minimum absolute atomic E-state index is 0.0707. The third-order valence-electron chi connectivity index (χ3n) is 2.17. The normalized spacial score (nSPS) is 10.4. The Kier molecular flexibility index (Phi) is 3.63. The number of nitrogens with one attached hydrogen (secondary N) is 1. The second-order valence-electron chi connectivity index (χ2n) is 3.58. The predicted octanol–water partition coefficient (Wildman–Crippen LogP) is 3.19. The number of aromatic nitrogens is 1. The molecule has 0 aliphatic rings. The zero-order chi connectivity index (χ0) is 13.3. The van der Waals surface area contributed by atoms with E-state index in [-0.39, 0.29) is 17.2 Å². The van der Waals surface area contributed by atoms with Crippen LogP contribution in [0.15, 0.2) is 22.8 Å². The highest BCUT2D eigenvalue weighted by molar-refractivity contribution is 9.10. The molecule has 1 aromatic carbocycles. The fourth-order valence-corrected chi connectivity index (χ4v) is 2.47. The molecule has 2 aromatic rings. The lowest BCUT2D eigenvalue weighted by Crippen LogP contribution is -2.13. The molecule has 0 saturated carbocycles. The average Bonchev–Trinajstić information content (AvgIpc) is 2.69. The van der Waals surface area contributed by atoms with Gasteiger partial charge in [-0.3, -0.25) is 10.1 Å². The van der Waals surface area contributed by atoms with Gasteiger partial charge in [-0.25, -0.2) is 9.37 Å². The van der Waals surface area contributed by atoms with Crippen LogP contribution in [0.25, 0.3) is 0 Å². The van der Waals surface area contributed by atoms with Crippen molar-refractivity contribution in [2.24, 2.45) is 0 Å². The zero-order valence-electron chi connectivity index (χ0n) is 9.33. The second kappa shape index (κ2) is 5.03. The number of hydrogen-bond acceptors (Lipinski definition) is 4. The molecule has 0 aliphatic heterocycles. The van der Waals surface area contributed by atoms with Crippen molar-refractivity contribution in [1.82, 2.24) is 4.98 Å². The number of hydrogen-bond donors (Lipinski definition) is 2. The average molecular weight is 330 g/mol. The van der Waals surface area contributed by atoms with Gasteiger partial charge in [-0.05, 0) is 35.0 Å². The third kappa shape index (κ3) is 2.68. The molecule has 0 spiro atoms. The lowest BCUT2D eigenvalue weighted by Gasteiger charge is -2.06. The van der Waals surface area contributed by atoms with Crippen LogP contribution in [0.1, 0.15) is 15.2 Å². The van der Waals surface area contributed by atoms with E-state index in [0.29, 0.717) is 9.60 Å². The molecule has 0 fully saturated rings. The van der Waals surface area contributed by atoms with Crippen molar-refractivity contribution >= 4 is 44.0 Å². The van der Waals surface area contributed by atoms with Crippen molar-refractivity contribution in [3.63, 3.8) is 0 Å². The molecule has 2 rings (SSSR count). The number of rotatable bonds is 2. The maximum atomic E-state index is 13.2. The van der Waals surface area contributed by atoms with E-state index < -0.39 is 5.82 Å². The lowest BCUT2D eigenvalue weighted by atomic mass is 10.2. The Hall–Kier alpha value is -1.47. The Morgan fingerprint density at radius 3 is 2.89 bits per heavy atom. The van der Waals surface area contributed by atoms with Gasteiger partial charge in [0, 0.05) is 15.5 Å². The van der Waals surface area contributed by atoms with Gasteiger partial charge in [0.2, 0.25) is 0 Å². The number of benzene rings is 1. The summed E-state index contributed by atoms with van der Waals surface area (Å²) in [6.07, 6.45) is 1.66. The standard InChI is InChI=1S/C11H9BrFN3OS/c1-5-4-15-11(18-5)16-10(17)6-2-9(14)8(13)3-7(6)12/h2-4H,14H2,1H3,(H,15,16,17). The molecular formula is C11H9BrFN3OS. The molecule has 3 N–H and O–H groups in total. The van der Waals surface area contributed by atoms with E-state index in [1.807, 2.05) is 6.92 Å². The van der Waals surface area contributed by atoms with Crippen LogP contribution in [0, 0.1) is 12.7 Å². The van der Waals surface area contributed by atoms with Crippen LogP contribution < -0.4 is 11.1 Å². The van der Waals surface area contributed by atoms with Crippen LogP contribution in [-0.4, -0.2) is 10.9 Å². The van der Waals surface area contributed by atoms with Gasteiger partial charge in [0.1, 0.15) is 5.82 Å². The number of carbonyl (C=O) groups is 1. The Labute approximate surface area is 115 Å². The first kappa shape index (κ1) is 13.0. The van der Waals surface area contributed by atoms with Crippen LogP contribution in [0.4, 0.5) is 15.2 Å². The second-order valence-corrected chi connectivity index (χ2v) is 5.67. The number of amides is 1. The van der Waals surface area contributed by atoms with Crippen LogP contribution in [0.5, 0.6) is 0 Å². The van der Waals surface area contributed by atoms with Gasteiger partial charge >= 0.3 is 0 Å². The highest BCUT2D eigenvalue weighted by Gasteiger charge is 2.14. The Morgan fingerprint density at radius 2 is 2.28 bits per heavy atom. The quantitative estimate of drug-likeness (QED) is 0.831. The van der Waals surface area contributed by atoms with E-state index in [2.05, 4.69) is 26.2 Å². The Bertz CT molecular complexity index is 614. The SMILES string of the molecule is Cc1cnc(NC(=O)c2cc(N)c(F)cc2Br)s1. The number of anilines is 2. The molecule has 7 heteroatoms. The molecule has 0 aliphatic carbocycles. The minimum Gasteiger partial charge on any atom is -0.396 e. The van der Waals surface area contributed by atoms with E-state index in [1.54, 1.807) is 6.20 Å². The number of nitrogen functional groups attached to an aromatic ring is 1. The molecule has 0 radical (unpaired) electrons. The molecule has 0 atom stereocenters. The summed E-state index contributed by atoms with van der Waals surface area (Å²) >= 11 is 4.49. The maximum Gasteiger partial charge on any atom is 0.258 e. The van der Waals surface area contributed by atoms with Crippen LogP contribution in [0.2, 0.25) is 0 Å². The molecular weight excluding hydrogens is 321 g/mol. The molecule has 1 amide bonds. The van der Waals surface area contributed by atoms with Gasteiger partial charge < -0.3 is 5.73 Å². The Morgan fingerprint density at radius 1 is 1.56 bits per heavy atom. The summed E-state index contributed by atoms with van der Waals surface area (Å²) in [7, 11) is 0. The van der Waals surface area contributed by atoms with Crippen molar-refractivity contribution in [3.05, 3.63) is 39.1 Å². The van der Waals surface area contributed by atoms with Crippen molar-refractivity contribution in [1.29, 1.82) is 0 Å². The fraction of sp³-hybridized carbons (Fsp3) is 0.0909. The van der Waals surface area contributed by atoms with E-state index in [9.17, 15) is 9.18 Å². The van der Waals surface area contributed by atoms with Crippen molar-refractivity contribution < 1.29 is 9.18 Å². The smallest absolute Gasteiger partial charge is 0.258 e. The highest BCUT2D eigenvalue weighted by Crippen LogP contribution is 2.24. The van der Waals surface area contributed by atoms with E-state index >= 15 is 0 Å². The van der Waals surface area contributed by atoms with Crippen molar-refractivity contribution in [2.45, 2.75) is 6.92 Å². The molecule has 4 nitrogen and oxygen atoms in total. The fourth-order valence-electron chi connectivity index (χ4n) is 1.32. The van der Waals surface area contributed by atoms with Crippen LogP contribution >= 0.6 is 27.3 Å². The van der Waals surface area contributed by atoms with Crippen molar-refractivity contribution in [2.75, 3.05) is 11.1 Å². The highest BCUT2D eigenvalue weighted by atomic mass is 79.9. The summed E-state index contributed by atoms with van der Waals surface area (Å²) in [4.78, 5) is 17.0. The monoisotopic (exact) mass is 329 g/mol. The van der Waals surface area contributed by atoms with Gasteiger partial charge in [-0.15, -0.1) is 11.3 Å². The summed E-state index contributed by atoms with van der Waals surface area (Å²) in [6.45, 7) is 1.89. The van der Waals surface area contributed by atoms with Crippen LogP contribution in [0.3, 0.4) is 0 Å². The molecule has 94 valence electrons. The lowest BCUT2D eigenvalue weighted by molar-refractivity contribution is 0.102. The number of nitrogens with zero attached hydrogens (tertiary/aromatic N) is 1. The number of aryl methyl sites for hydroxylation is 1. The van der Waals surface area contributed by atoms with E-state index in [4.69, 9.17) is 5.73 Å². The third-order valence-corrected chi connectivity index (χ3v) is 3.66. The van der Waals surface area contributed by atoms with Gasteiger partial charge in [0.15, 0.2) is 5.13 Å². The van der Waals surface area contributed by atoms with Gasteiger partial charge in [0.25, 0.3) is 5.91 Å². The van der Waals surface area contributed by atoms with Crippen LogP contribution in [-0.2, 0) is 0 Å². The summed E-state index contributed by atoms with van der Waals surface area (Å²) in [5, 5.41) is 3.12. The predicted molar refractivity (Wildman–Crippen MR) is 73.3 cm³/mol. The first-order valence-corrected chi connectivity index (χ1v) is 6.56. The molecule has 0 unspecified atom stereocenters. The zero-order valence-corrected chi connectivity index (χ0v) is 11.7. The topological polar surface area (TPSA) is 68.0 Å². The summed E-state index contributed by atoms with van der Waals surface area (Å²) in [5.74, 6) is -0.952. The summed E-state index contributed by atoms with van der Waals surface area (Å²) in [6, 6.07) is 2.45. The molecule has 1 heterocycles. The van der Waals surface area contributed by atoms with Gasteiger partial charge in [-0.2, -0.15) is 0 Å². The van der Waals surface area contributed by atoms with Gasteiger partial charge in [0.05, 0.1) is 11.3 Å². The van der Waals surface area contributed by atoms with E-state index in [1.165, 1.54) is 17.4 Å². The molecule has 0 saturated heterocycles. The number of halogens is 2. The van der Waals surface area contributed by atoms with Crippen molar-refractivity contribution in [3.8, 4) is 0 Å². The maximum absolute atomic E-state index is 13.2. The largest absolute Gasteiger partial charge is 0.396 e. The summed E-state index contributed by atoms with van der Waals surface area (Å²) in [5.41, 5.74) is 5.63. The number of thiazole rings is 1. The number of nitrogens with two attached hydrogens (primary N) is 1.